The molecular weight excluding hydrogens is 189 g/mol. The maximum absolute atomic E-state index is 14.7. The Labute approximate surface area is 90.0 Å². The minimum absolute atomic E-state index is 0.689. The number of fused-ring (bicyclic) bond motifs is 1. The van der Waals surface area contributed by atoms with Crippen LogP contribution in [0.5, 0.6) is 0 Å². The molecule has 2 rings (SSSR count). The first kappa shape index (κ1) is 10.3. The molecule has 80 valence electrons. The lowest BCUT2D eigenvalue weighted by molar-refractivity contribution is 0.0939. The second kappa shape index (κ2) is 2.91. The van der Waals surface area contributed by atoms with Gasteiger partial charge in [-0.3, -0.25) is 4.99 Å². The van der Waals surface area contributed by atoms with Crippen LogP contribution in [0.2, 0.25) is 0 Å². The molecule has 1 aliphatic heterocycles. The van der Waals surface area contributed by atoms with Crippen molar-refractivity contribution in [3.05, 3.63) is 35.4 Å². The van der Waals surface area contributed by atoms with Crippen LogP contribution in [0, 0.1) is 0 Å². The molecule has 1 aromatic rings. The van der Waals surface area contributed by atoms with E-state index < -0.39 is 11.2 Å². The Morgan fingerprint density at radius 2 is 1.73 bits per heavy atom. The number of benzene rings is 1. The van der Waals surface area contributed by atoms with Gasteiger partial charge in [-0.15, -0.1) is 0 Å². The molecule has 0 fully saturated rings. The van der Waals surface area contributed by atoms with E-state index in [4.69, 9.17) is 0 Å². The Kier molecular flexibility index (Phi) is 2.00. The van der Waals surface area contributed by atoms with E-state index in [-0.39, 0.29) is 0 Å². The number of hydrogen-bond acceptors (Lipinski definition) is 1. The minimum atomic E-state index is -1.40. The molecule has 0 spiro atoms. The van der Waals surface area contributed by atoms with Crippen LogP contribution in [0.4, 0.5) is 4.39 Å². The van der Waals surface area contributed by atoms with Gasteiger partial charge >= 0.3 is 0 Å². The van der Waals surface area contributed by atoms with Crippen molar-refractivity contribution in [2.45, 2.75) is 38.9 Å². The summed E-state index contributed by atoms with van der Waals surface area (Å²) in [7, 11) is 0. The molecule has 1 heterocycles. The lowest BCUT2D eigenvalue weighted by atomic mass is 9.75. The lowest BCUT2D eigenvalue weighted by Gasteiger charge is -2.40. The lowest BCUT2D eigenvalue weighted by Crippen LogP contribution is -2.44. The normalized spacial score (nSPS) is 28.2. The summed E-state index contributed by atoms with van der Waals surface area (Å²) < 4.78 is 14.7. The second-order valence-corrected chi connectivity index (χ2v) is 4.80. The van der Waals surface area contributed by atoms with Gasteiger partial charge in [-0.25, -0.2) is 4.39 Å². The van der Waals surface area contributed by atoms with Crippen LogP contribution in [-0.4, -0.2) is 11.3 Å². The Morgan fingerprint density at radius 1 is 1.13 bits per heavy atom. The summed E-state index contributed by atoms with van der Waals surface area (Å²) in [6.07, 6.45) is 0. The summed E-state index contributed by atoms with van der Waals surface area (Å²) in [6, 6.07) is 7.59. The molecule has 0 aromatic heterocycles. The monoisotopic (exact) mass is 205 g/mol. The largest absolute Gasteiger partial charge is 0.280 e. The highest BCUT2D eigenvalue weighted by molar-refractivity contribution is 6.01. The molecule has 2 heteroatoms. The van der Waals surface area contributed by atoms with Gasteiger partial charge in [0, 0.05) is 16.8 Å². The average Bonchev–Trinajstić information content (AvgIpc) is 2.15. The van der Waals surface area contributed by atoms with Gasteiger partial charge in [0.25, 0.3) is 0 Å². The van der Waals surface area contributed by atoms with Crippen LogP contribution in [0.1, 0.15) is 38.8 Å². The third-order valence-electron chi connectivity index (χ3n) is 3.42. The number of alkyl halides is 1. The maximum Gasteiger partial charge on any atom is 0.158 e. The molecule has 0 radical (unpaired) electrons. The maximum atomic E-state index is 14.7. The van der Waals surface area contributed by atoms with Gasteiger partial charge in [-0.2, -0.15) is 0 Å². The topological polar surface area (TPSA) is 12.4 Å². The van der Waals surface area contributed by atoms with Gasteiger partial charge in [0.05, 0.1) is 5.54 Å². The number of aliphatic imine (C=N–C) groups is 1. The van der Waals surface area contributed by atoms with Crippen LogP contribution >= 0.6 is 0 Å². The summed E-state index contributed by atoms with van der Waals surface area (Å²) in [4.78, 5) is 4.45. The van der Waals surface area contributed by atoms with Crippen LogP contribution in [0.3, 0.4) is 0 Å². The predicted molar refractivity (Wildman–Crippen MR) is 61.2 cm³/mol. The van der Waals surface area contributed by atoms with Crippen molar-refractivity contribution in [2.75, 3.05) is 0 Å². The summed E-state index contributed by atoms with van der Waals surface area (Å²) >= 11 is 0. The first-order chi connectivity index (χ1) is 6.86. The number of rotatable bonds is 0. The number of hydrogen-bond donors (Lipinski definition) is 0. The van der Waals surface area contributed by atoms with Gasteiger partial charge in [-0.1, -0.05) is 24.3 Å². The highest BCUT2D eigenvalue weighted by Crippen LogP contribution is 2.44. The second-order valence-electron chi connectivity index (χ2n) is 4.80. The van der Waals surface area contributed by atoms with Crippen LogP contribution in [0.15, 0.2) is 29.3 Å². The highest BCUT2D eigenvalue weighted by Gasteiger charge is 2.46. The first-order valence-electron chi connectivity index (χ1n) is 5.21. The van der Waals surface area contributed by atoms with E-state index in [2.05, 4.69) is 4.99 Å². The summed E-state index contributed by atoms with van der Waals surface area (Å²) in [6.45, 7) is 7.23. The fourth-order valence-corrected chi connectivity index (χ4v) is 2.12. The SMILES string of the molecule is CC1=NC(C)(C)C(C)(F)c2ccccc21. The van der Waals surface area contributed by atoms with Crippen molar-refractivity contribution in [1.82, 2.24) is 0 Å². The molecule has 0 aliphatic carbocycles. The summed E-state index contributed by atoms with van der Waals surface area (Å²) in [5, 5.41) is 0. The van der Waals surface area contributed by atoms with Crippen molar-refractivity contribution in [3.8, 4) is 0 Å². The standard InChI is InChI=1S/C13H16FN/c1-9-10-7-5-6-8-11(10)13(4,14)12(2,3)15-9/h5-8H,1-4H3. The van der Waals surface area contributed by atoms with Gasteiger partial charge in [0.2, 0.25) is 0 Å². The molecular formula is C13H16FN. The smallest absolute Gasteiger partial charge is 0.158 e. The third kappa shape index (κ3) is 1.31. The molecule has 1 nitrogen and oxygen atoms in total. The van der Waals surface area contributed by atoms with Crippen LogP contribution in [-0.2, 0) is 5.67 Å². The quantitative estimate of drug-likeness (QED) is 0.615. The molecule has 1 aliphatic rings. The van der Waals surface area contributed by atoms with Gasteiger partial charge in [0.1, 0.15) is 0 Å². The molecule has 1 unspecified atom stereocenters. The van der Waals surface area contributed by atoms with Crippen molar-refractivity contribution < 1.29 is 4.39 Å². The molecule has 1 aromatic carbocycles. The summed E-state index contributed by atoms with van der Waals surface area (Å²) in [5.41, 5.74) is 0.518. The van der Waals surface area contributed by atoms with Crippen molar-refractivity contribution in [3.63, 3.8) is 0 Å². The van der Waals surface area contributed by atoms with Gasteiger partial charge < -0.3 is 0 Å². The van der Waals surface area contributed by atoms with Crippen LogP contribution in [0.25, 0.3) is 0 Å². The zero-order valence-corrected chi connectivity index (χ0v) is 9.63. The molecule has 0 saturated heterocycles. The number of halogens is 1. The molecule has 0 amide bonds. The van der Waals surface area contributed by atoms with E-state index in [1.807, 2.05) is 45.0 Å². The Morgan fingerprint density at radius 3 is 2.40 bits per heavy atom. The molecule has 1 atom stereocenters. The molecule has 0 bridgehead atoms. The average molecular weight is 205 g/mol. The predicted octanol–water partition coefficient (Wildman–Crippen LogP) is 3.47. The molecule has 0 saturated carbocycles. The van der Waals surface area contributed by atoms with Crippen molar-refractivity contribution >= 4 is 5.71 Å². The number of nitrogens with zero attached hydrogens (tertiary/aromatic N) is 1. The Balaban J connectivity index is 2.73. The molecule has 15 heavy (non-hydrogen) atoms. The van der Waals surface area contributed by atoms with Gasteiger partial charge in [-0.05, 0) is 27.7 Å². The van der Waals surface area contributed by atoms with E-state index in [0.29, 0.717) is 0 Å². The fraction of sp³-hybridized carbons (Fsp3) is 0.462. The zero-order valence-electron chi connectivity index (χ0n) is 9.63. The van der Waals surface area contributed by atoms with E-state index >= 15 is 0 Å². The molecule has 0 N–H and O–H groups in total. The van der Waals surface area contributed by atoms with Crippen LogP contribution < -0.4 is 0 Å². The zero-order chi connectivity index (χ0) is 11.3. The Hall–Kier alpha value is -1.18. The van der Waals surface area contributed by atoms with Crippen molar-refractivity contribution in [1.29, 1.82) is 0 Å². The van der Waals surface area contributed by atoms with Crippen molar-refractivity contribution in [2.24, 2.45) is 4.99 Å². The first-order valence-corrected chi connectivity index (χ1v) is 5.21. The fourth-order valence-electron chi connectivity index (χ4n) is 2.12. The van der Waals surface area contributed by atoms with E-state index in [0.717, 1.165) is 16.8 Å². The minimum Gasteiger partial charge on any atom is -0.280 e. The summed E-state index contributed by atoms with van der Waals surface area (Å²) in [5.74, 6) is 0. The third-order valence-corrected chi connectivity index (χ3v) is 3.42. The highest BCUT2D eigenvalue weighted by atomic mass is 19.1. The van der Waals surface area contributed by atoms with Gasteiger partial charge in [0.15, 0.2) is 5.67 Å². The Bertz CT molecular complexity index is 430. The van der Waals surface area contributed by atoms with E-state index in [1.54, 1.807) is 6.92 Å². The van der Waals surface area contributed by atoms with E-state index in [1.165, 1.54) is 0 Å². The van der Waals surface area contributed by atoms with E-state index in [9.17, 15) is 4.39 Å².